The number of hydrogen-bond donors (Lipinski definition) is 0. The molecule has 0 bridgehead atoms. The van der Waals surface area contributed by atoms with E-state index in [9.17, 15) is 0 Å². The van der Waals surface area contributed by atoms with E-state index < -0.39 is 8.53 Å². The summed E-state index contributed by atoms with van der Waals surface area (Å²) in [6, 6.07) is 20.8. The Hall–Kier alpha value is -1.25. The molecule has 21 heavy (non-hydrogen) atoms. The highest BCUT2D eigenvalue weighted by atomic mass is 31.2. The summed E-state index contributed by atoms with van der Waals surface area (Å²) < 4.78 is 14.3. The molecule has 0 amide bonds. The van der Waals surface area contributed by atoms with E-state index in [2.05, 4.69) is 48.5 Å². The lowest BCUT2D eigenvalue weighted by atomic mass is 9.99. The van der Waals surface area contributed by atoms with Gasteiger partial charge in [-0.2, -0.15) is 0 Å². The Morgan fingerprint density at radius 2 is 1.24 bits per heavy atom. The van der Waals surface area contributed by atoms with E-state index in [0.29, 0.717) is 0 Å². The minimum atomic E-state index is -1.02. The predicted molar refractivity (Wildman–Crippen MR) is 85.8 cm³/mol. The van der Waals surface area contributed by atoms with Gasteiger partial charge in [0.25, 0.3) is 8.53 Å². The summed E-state index contributed by atoms with van der Waals surface area (Å²) in [6.45, 7) is 0. The van der Waals surface area contributed by atoms with Crippen LogP contribution < -0.4 is 0 Å². The van der Waals surface area contributed by atoms with Crippen LogP contribution in [0.4, 0.5) is 0 Å². The van der Waals surface area contributed by atoms with E-state index >= 15 is 0 Å². The van der Waals surface area contributed by atoms with E-state index in [1.807, 2.05) is 30.9 Å². The lowest BCUT2D eigenvalue weighted by Crippen LogP contribution is -2.21. The average Bonchev–Trinajstić information content (AvgIpc) is 2.56. The summed E-state index contributed by atoms with van der Waals surface area (Å²) in [5, 5.41) is 0. The molecule has 0 unspecified atom stereocenters. The van der Waals surface area contributed by atoms with Gasteiger partial charge in [0.2, 0.25) is 0 Å². The minimum Gasteiger partial charge on any atom is -0.314 e. The minimum absolute atomic E-state index is 0.0821. The Balaban J connectivity index is 1.85. The van der Waals surface area contributed by atoms with Crippen LogP contribution in [0.15, 0.2) is 60.7 Å². The van der Waals surface area contributed by atoms with Crippen LogP contribution >= 0.6 is 8.53 Å². The fourth-order valence-corrected chi connectivity index (χ4v) is 3.72. The van der Waals surface area contributed by atoms with Crippen LogP contribution in [0.1, 0.15) is 29.8 Å². The van der Waals surface area contributed by atoms with Crippen LogP contribution in [0.3, 0.4) is 0 Å². The fraction of sp³-hybridized carbons (Fsp3) is 0.294. The summed E-state index contributed by atoms with van der Waals surface area (Å²) in [5.74, 6) is 0. The highest BCUT2D eigenvalue weighted by Gasteiger charge is 2.34. The van der Waals surface area contributed by atoms with Crippen molar-refractivity contribution in [2.75, 3.05) is 14.1 Å². The largest absolute Gasteiger partial charge is 0.314 e. The highest BCUT2D eigenvalue weighted by Crippen LogP contribution is 2.56. The lowest BCUT2D eigenvalue weighted by molar-refractivity contribution is 0.0381. The molecule has 1 aliphatic rings. The first-order valence-electron chi connectivity index (χ1n) is 7.15. The highest BCUT2D eigenvalue weighted by molar-refractivity contribution is 7.44. The Morgan fingerprint density at radius 3 is 1.62 bits per heavy atom. The number of hydrogen-bond acceptors (Lipinski definition) is 3. The molecule has 0 aliphatic carbocycles. The zero-order valence-electron chi connectivity index (χ0n) is 12.3. The second-order valence-electron chi connectivity index (χ2n) is 5.33. The molecule has 2 atom stereocenters. The molecular weight excluding hydrogens is 281 g/mol. The van der Waals surface area contributed by atoms with Gasteiger partial charge in [-0.3, -0.25) is 0 Å². The summed E-state index contributed by atoms with van der Waals surface area (Å²) >= 11 is 0. The third-order valence-electron chi connectivity index (χ3n) is 3.53. The predicted octanol–water partition coefficient (Wildman–Crippen LogP) is 4.69. The van der Waals surface area contributed by atoms with Crippen LogP contribution in [0.2, 0.25) is 0 Å². The quantitative estimate of drug-likeness (QED) is 0.767. The molecule has 2 aromatic rings. The van der Waals surface area contributed by atoms with Gasteiger partial charge >= 0.3 is 0 Å². The Labute approximate surface area is 127 Å². The summed E-state index contributed by atoms with van der Waals surface area (Å²) in [4.78, 5) is 0. The molecule has 2 aromatic carbocycles. The van der Waals surface area contributed by atoms with E-state index in [0.717, 1.165) is 6.42 Å². The third-order valence-corrected chi connectivity index (χ3v) is 5.06. The maximum Gasteiger partial charge on any atom is 0.259 e. The van der Waals surface area contributed by atoms with Crippen molar-refractivity contribution < 1.29 is 9.05 Å². The zero-order valence-corrected chi connectivity index (χ0v) is 13.2. The van der Waals surface area contributed by atoms with E-state index in [4.69, 9.17) is 9.05 Å². The lowest BCUT2D eigenvalue weighted by Gasteiger charge is -2.37. The molecule has 1 aliphatic heterocycles. The van der Waals surface area contributed by atoms with Gasteiger partial charge in [-0.15, -0.1) is 0 Å². The molecule has 0 spiro atoms. The van der Waals surface area contributed by atoms with Gasteiger partial charge in [-0.25, -0.2) is 4.67 Å². The van der Waals surface area contributed by atoms with Gasteiger partial charge in [0, 0.05) is 6.42 Å². The van der Waals surface area contributed by atoms with Gasteiger partial charge < -0.3 is 9.05 Å². The molecule has 3 rings (SSSR count). The Bertz CT molecular complexity index is 514. The molecule has 110 valence electrons. The molecular formula is C17H20NO2P. The number of nitrogens with zero attached hydrogens (tertiary/aromatic N) is 1. The van der Waals surface area contributed by atoms with Gasteiger partial charge in [0.15, 0.2) is 0 Å². The van der Waals surface area contributed by atoms with Crippen molar-refractivity contribution in [3.63, 3.8) is 0 Å². The van der Waals surface area contributed by atoms with Crippen LogP contribution in [0, 0.1) is 0 Å². The van der Waals surface area contributed by atoms with Crippen molar-refractivity contribution in [3.8, 4) is 0 Å². The molecule has 0 radical (unpaired) electrons. The first kappa shape index (κ1) is 14.7. The molecule has 1 fully saturated rings. The van der Waals surface area contributed by atoms with E-state index in [-0.39, 0.29) is 12.2 Å². The van der Waals surface area contributed by atoms with Crippen molar-refractivity contribution in [2.24, 2.45) is 0 Å². The SMILES string of the molecule is CN(C)P1O[C@@H](c2ccccc2)C[C@H](c2ccccc2)O1. The summed E-state index contributed by atoms with van der Waals surface area (Å²) in [6.07, 6.45) is 1.01. The second kappa shape index (κ2) is 6.67. The van der Waals surface area contributed by atoms with Crippen molar-refractivity contribution in [1.82, 2.24) is 4.67 Å². The second-order valence-corrected chi connectivity index (χ2v) is 7.03. The topological polar surface area (TPSA) is 21.7 Å². The molecule has 0 N–H and O–H groups in total. The zero-order chi connectivity index (χ0) is 14.7. The van der Waals surface area contributed by atoms with Crippen LogP contribution in [0.25, 0.3) is 0 Å². The Morgan fingerprint density at radius 1 is 0.810 bits per heavy atom. The molecule has 0 aromatic heterocycles. The standard InChI is InChI=1S/C17H20NO2P/c1-18(2)21-19-16(14-9-5-3-6-10-14)13-17(20-21)15-11-7-4-8-12-15/h3-12,16-17H,13H2,1-2H3/t16-,17-/m1/s1. The van der Waals surface area contributed by atoms with Gasteiger partial charge in [0.05, 0.1) is 12.2 Å². The maximum absolute atomic E-state index is 6.15. The number of rotatable bonds is 3. The molecule has 3 nitrogen and oxygen atoms in total. The van der Waals surface area contributed by atoms with Crippen LogP contribution in [-0.4, -0.2) is 18.8 Å². The van der Waals surface area contributed by atoms with Gasteiger partial charge in [-0.1, -0.05) is 60.7 Å². The third kappa shape index (κ3) is 3.50. The van der Waals surface area contributed by atoms with Gasteiger partial charge in [-0.05, 0) is 25.2 Å². The fourth-order valence-electron chi connectivity index (χ4n) is 2.44. The number of benzene rings is 2. The summed E-state index contributed by atoms with van der Waals surface area (Å²) in [7, 11) is 2.98. The van der Waals surface area contributed by atoms with E-state index in [1.54, 1.807) is 0 Å². The average molecular weight is 301 g/mol. The van der Waals surface area contributed by atoms with Crippen molar-refractivity contribution in [1.29, 1.82) is 0 Å². The van der Waals surface area contributed by atoms with Crippen molar-refractivity contribution >= 4 is 8.53 Å². The first-order chi connectivity index (χ1) is 10.2. The van der Waals surface area contributed by atoms with Crippen LogP contribution in [-0.2, 0) is 9.05 Å². The monoisotopic (exact) mass is 301 g/mol. The smallest absolute Gasteiger partial charge is 0.259 e. The Kier molecular flexibility index (Phi) is 4.67. The van der Waals surface area contributed by atoms with Gasteiger partial charge in [0.1, 0.15) is 0 Å². The normalized spacial score (nSPS) is 26.0. The molecule has 1 heterocycles. The maximum atomic E-state index is 6.15. The first-order valence-corrected chi connectivity index (χ1v) is 8.28. The van der Waals surface area contributed by atoms with Crippen molar-refractivity contribution in [3.05, 3.63) is 71.8 Å². The van der Waals surface area contributed by atoms with Crippen LogP contribution in [0.5, 0.6) is 0 Å². The summed E-state index contributed by atoms with van der Waals surface area (Å²) in [5.41, 5.74) is 2.44. The van der Waals surface area contributed by atoms with E-state index in [1.165, 1.54) is 11.1 Å². The molecule has 4 heteroatoms. The van der Waals surface area contributed by atoms with Crippen molar-refractivity contribution in [2.45, 2.75) is 18.6 Å². The molecule has 0 saturated carbocycles. The molecule has 1 saturated heterocycles.